The summed E-state index contributed by atoms with van der Waals surface area (Å²) < 4.78 is 23.3. The Labute approximate surface area is 167 Å². The quantitative estimate of drug-likeness (QED) is 0.801. The molecule has 150 valence electrons. The van der Waals surface area contributed by atoms with Crippen LogP contribution < -0.4 is 10.2 Å². The van der Waals surface area contributed by atoms with Crippen molar-refractivity contribution in [2.75, 3.05) is 18.2 Å². The summed E-state index contributed by atoms with van der Waals surface area (Å²) in [5, 5.41) is 2.86. The van der Waals surface area contributed by atoms with E-state index in [1.54, 1.807) is 12.1 Å². The van der Waals surface area contributed by atoms with Crippen molar-refractivity contribution in [1.29, 1.82) is 0 Å². The minimum atomic E-state index is -3.33. The lowest BCUT2D eigenvalue weighted by Gasteiger charge is -2.33. The molecule has 1 aliphatic carbocycles. The molecular formula is C22H28N2O3S. The number of hydrogen-bond acceptors (Lipinski definition) is 4. The van der Waals surface area contributed by atoms with Gasteiger partial charge in [0, 0.05) is 37.1 Å². The van der Waals surface area contributed by atoms with Gasteiger partial charge in [-0.1, -0.05) is 37.5 Å². The van der Waals surface area contributed by atoms with Gasteiger partial charge >= 0.3 is 0 Å². The molecule has 0 unspecified atom stereocenters. The van der Waals surface area contributed by atoms with Gasteiger partial charge in [-0.3, -0.25) is 4.79 Å². The molecule has 3 rings (SSSR count). The van der Waals surface area contributed by atoms with Crippen molar-refractivity contribution in [2.45, 2.75) is 49.6 Å². The van der Waals surface area contributed by atoms with Crippen LogP contribution in [-0.2, 0) is 16.4 Å². The van der Waals surface area contributed by atoms with E-state index >= 15 is 0 Å². The summed E-state index contributed by atoms with van der Waals surface area (Å²) in [4.78, 5) is 14.9. The lowest BCUT2D eigenvalue weighted by molar-refractivity contribution is 0.0950. The molecule has 1 saturated carbocycles. The standard InChI is InChI=1S/C22H28N2O3S/c1-24(19-8-4-3-5-9-19)20-13-11-17(12-14-20)16-23-22(25)18-7-6-10-21(15-18)28(2,26)27/h6-7,10-15,19H,3-5,8-9,16H2,1-2H3,(H,23,25). The summed E-state index contributed by atoms with van der Waals surface area (Å²) >= 11 is 0. The van der Waals surface area contributed by atoms with E-state index < -0.39 is 9.84 Å². The third-order valence-corrected chi connectivity index (χ3v) is 6.55. The predicted molar refractivity (Wildman–Crippen MR) is 112 cm³/mol. The molecule has 0 radical (unpaired) electrons. The first-order chi connectivity index (χ1) is 13.3. The smallest absolute Gasteiger partial charge is 0.251 e. The van der Waals surface area contributed by atoms with Crippen molar-refractivity contribution in [2.24, 2.45) is 0 Å². The highest BCUT2D eigenvalue weighted by atomic mass is 32.2. The second kappa shape index (κ2) is 8.78. The summed E-state index contributed by atoms with van der Waals surface area (Å²) in [5.74, 6) is -0.283. The van der Waals surface area contributed by atoms with Gasteiger partial charge in [0.1, 0.15) is 0 Å². The Morgan fingerprint density at radius 3 is 2.39 bits per heavy atom. The normalized spacial score (nSPS) is 15.2. The van der Waals surface area contributed by atoms with Crippen LogP contribution in [0.25, 0.3) is 0 Å². The maximum Gasteiger partial charge on any atom is 0.251 e. The van der Waals surface area contributed by atoms with E-state index in [0.717, 1.165) is 11.8 Å². The number of nitrogens with one attached hydrogen (secondary N) is 1. The number of amides is 1. The van der Waals surface area contributed by atoms with Gasteiger partial charge in [0.2, 0.25) is 0 Å². The van der Waals surface area contributed by atoms with E-state index in [4.69, 9.17) is 0 Å². The van der Waals surface area contributed by atoms with Gasteiger partial charge in [-0.05, 0) is 48.7 Å². The molecule has 1 N–H and O–H groups in total. The van der Waals surface area contributed by atoms with Crippen LogP contribution in [0, 0.1) is 0 Å². The van der Waals surface area contributed by atoms with Crippen LogP contribution in [0.4, 0.5) is 5.69 Å². The van der Waals surface area contributed by atoms with E-state index in [9.17, 15) is 13.2 Å². The first-order valence-electron chi connectivity index (χ1n) is 9.75. The van der Waals surface area contributed by atoms with Gasteiger partial charge in [0.25, 0.3) is 5.91 Å². The van der Waals surface area contributed by atoms with Crippen LogP contribution >= 0.6 is 0 Å². The fourth-order valence-electron chi connectivity index (χ4n) is 3.68. The maximum atomic E-state index is 12.4. The molecule has 2 aromatic carbocycles. The molecule has 1 amide bonds. The molecule has 1 fully saturated rings. The number of sulfone groups is 1. The maximum absolute atomic E-state index is 12.4. The zero-order valence-electron chi connectivity index (χ0n) is 16.5. The summed E-state index contributed by atoms with van der Waals surface area (Å²) in [6.07, 6.45) is 7.59. The summed E-state index contributed by atoms with van der Waals surface area (Å²) in [5.41, 5.74) is 2.55. The Morgan fingerprint density at radius 1 is 1.07 bits per heavy atom. The van der Waals surface area contributed by atoms with Gasteiger partial charge in [-0.2, -0.15) is 0 Å². The monoisotopic (exact) mass is 400 g/mol. The van der Waals surface area contributed by atoms with Crippen LogP contribution in [0.3, 0.4) is 0 Å². The van der Waals surface area contributed by atoms with Gasteiger partial charge in [-0.25, -0.2) is 8.42 Å². The van der Waals surface area contributed by atoms with E-state index in [-0.39, 0.29) is 10.8 Å². The number of carbonyl (C=O) groups is 1. The molecular weight excluding hydrogens is 372 g/mol. The number of benzene rings is 2. The number of rotatable bonds is 6. The number of carbonyl (C=O) groups excluding carboxylic acids is 1. The number of hydrogen-bond donors (Lipinski definition) is 1. The largest absolute Gasteiger partial charge is 0.372 e. The third-order valence-electron chi connectivity index (χ3n) is 5.44. The summed E-state index contributed by atoms with van der Waals surface area (Å²) in [6.45, 7) is 0.398. The minimum Gasteiger partial charge on any atom is -0.372 e. The Kier molecular flexibility index (Phi) is 6.39. The van der Waals surface area contributed by atoms with E-state index in [1.807, 2.05) is 12.1 Å². The van der Waals surface area contributed by atoms with Crippen molar-refractivity contribution >= 4 is 21.4 Å². The zero-order chi connectivity index (χ0) is 20.1. The van der Waals surface area contributed by atoms with Crippen molar-refractivity contribution < 1.29 is 13.2 Å². The number of anilines is 1. The van der Waals surface area contributed by atoms with Crippen molar-refractivity contribution in [3.05, 3.63) is 59.7 Å². The van der Waals surface area contributed by atoms with Gasteiger partial charge in [-0.15, -0.1) is 0 Å². The molecule has 6 heteroatoms. The molecule has 0 aromatic heterocycles. The summed E-state index contributed by atoms with van der Waals surface area (Å²) in [7, 11) is -1.18. The molecule has 0 heterocycles. The molecule has 2 aromatic rings. The fourth-order valence-corrected chi connectivity index (χ4v) is 4.35. The highest BCUT2D eigenvalue weighted by molar-refractivity contribution is 7.90. The molecule has 0 atom stereocenters. The highest BCUT2D eigenvalue weighted by Gasteiger charge is 2.18. The molecule has 0 bridgehead atoms. The first-order valence-corrected chi connectivity index (χ1v) is 11.6. The Hall–Kier alpha value is -2.34. The molecule has 0 aliphatic heterocycles. The minimum absolute atomic E-state index is 0.148. The second-order valence-corrected chi connectivity index (χ2v) is 9.57. The zero-order valence-corrected chi connectivity index (χ0v) is 17.3. The van der Waals surface area contributed by atoms with Gasteiger partial charge in [0.15, 0.2) is 9.84 Å². The number of nitrogens with zero attached hydrogens (tertiary/aromatic N) is 1. The van der Waals surface area contributed by atoms with Crippen molar-refractivity contribution in [1.82, 2.24) is 5.32 Å². The van der Waals surface area contributed by atoms with Crippen LogP contribution in [0.1, 0.15) is 48.0 Å². The Balaban J connectivity index is 1.59. The third kappa shape index (κ3) is 5.13. The molecule has 1 aliphatic rings. The van der Waals surface area contributed by atoms with E-state index in [1.165, 1.54) is 49.9 Å². The average Bonchev–Trinajstić information content (AvgIpc) is 2.72. The molecule has 5 nitrogen and oxygen atoms in total. The van der Waals surface area contributed by atoms with Crippen molar-refractivity contribution in [3.63, 3.8) is 0 Å². The van der Waals surface area contributed by atoms with Gasteiger partial charge < -0.3 is 10.2 Å². The summed E-state index contributed by atoms with van der Waals surface area (Å²) in [6, 6.07) is 15.0. The van der Waals surface area contributed by atoms with Crippen LogP contribution in [0.15, 0.2) is 53.4 Å². The van der Waals surface area contributed by atoms with Crippen LogP contribution in [0.5, 0.6) is 0 Å². The van der Waals surface area contributed by atoms with Crippen molar-refractivity contribution in [3.8, 4) is 0 Å². The predicted octanol–water partition coefficient (Wildman–Crippen LogP) is 3.79. The molecule has 0 spiro atoms. The SMILES string of the molecule is CN(c1ccc(CNC(=O)c2cccc(S(C)(=O)=O)c2)cc1)C1CCCCC1. The van der Waals surface area contributed by atoms with Crippen LogP contribution in [-0.4, -0.2) is 33.7 Å². The average molecular weight is 401 g/mol. The van der Waals surface area contributed by atoms with E-state index in [2.05, 4.69) is 29.4 Å². The lowest BCUT2D eigenvalue weighted by Crippen LogP contribution is -2.33. The lowest BCUT2D eigenvalue weighted by atomic mass is 9.94. The molecule has 28 heavy (non-hydrogen) atoms. The highest BCUT2D eigenvalue weighted by Crippen LogP contribution is 2.26. The second-order valence-electron chi connectivity index (χ2n) is 7.55. The molecule has 0 saturated heterocycles. The first kappa shape index (κ1) is 20.4. The Bertz CT molecular complexity index is 917. The topological polar surface area (TPSA) is 66.5 Å². The fraction of sp³-hybridized carbons (Fsp3) is 0.409. The van der Waals surface area contributed by atoms with E-state index in [0.29, 0.717) is 18.2 Å². The van der Waals surface area contributed by atoms with Crippen LogP contribution in [0.2, 0.25) is 0 Å². The Morgan fingerprint density at radius 2 is 1.75 bits per heavy atom. The van der Waals surface area contributed by atoms with Gasteiger partial charge in [0.05, 0.1) is 4.90 Å².